The SMILES string of the molecule is CCOc1cc([C@H](CS(C)(=O)=O)n2c(=O)n(CCS(C)(=O)=O)c3cc(Br)ccc32)ccc1OC. The number of aromatic nitrogens is 2. The van der Waals surface area contributed by atoms with Gasteiger partial charge in [0, 0.05) is 23.5 Å². The number of benzene rings is 2. The first-order valence-corrected chi connectivity index (χ1v) is 15.3. The second-order valence-electron chi connectivity index (χ2n) is 8.02. The van der Waals surface area contributed by atoms with E-state index < -0.39 is 31.4 Å². The number of aryl methyl sites for hydroxylation is 1. The Morgan fingerprint density at radius 1 is 0.971 bits per heavy atom. The zero-order chi connectivity index (χ0) is 25.3. The Bertz CT molecular complexity index is 1470. The summed E-state index contributed by atoms with van der Waals surface area (Å²) in [6.07, 6.45) is 2.21. The van der Waals surface area contributed by atoms with Crippen molar-refractivity contribution in [2.45, 2.75) is 19.5 Å². The minimum Gasteiger partial charge on any atom is -0.493 e. The van der Waals surface area contributed by atoms with Crippen molar-refractivity contribution in [3.8, 4) is 11.5 Å². The minimum absolute atomic E-state index is 0.0595. The number of rotatable bonds is 10. The molecule has 1 atom stereocenters. The number of halogens is 1. The summed E-state index contributed by atoms with van der Waals surface area (Å²) in [5.74, 6) is 0.339. The maximum atomic E-state index is 13.6. The van der Waals surface area contributed by atoms with E-state index in [9.17, 15) is 21.6 Å². The van der Waals surface area contributed by atoms with Gasteiger partial charge < -0.3 is 9.47 Å². The summed E-state index contributed by atoms with van der Waals surface area (Å²) >= 11 is 3.40. The van der Waals surface area contributed by atoms with Gasteiger partial charge in [0.2, 0.25) is 0 Å². The van der Waals surface area contributed by atoms with Crippen LogP contribution in [0.2, 0.25) is 0 Å². The highest BCUT2D eigenvalue weighted by Gasteiger charge is 2.27. The van der Waals surface area contributed by atoms with Gasteiger partial charge in [0.15, 0.2) is 11.5 Å². The van der Waals surface area contributed by atoms with E-state index in [2.05, 4.69) is 15.9 Å². The molecule has 0 aliphatic rings. The van der Waals surface area contributed by atoms with Gasteiger partial charge in [-0.2, -0.15) is 0 Å². The molecule has 12 heteroatoms. The van der Waals surface area contributed by atoms with Crippen LogP contribution in [0.1, 0.15) is 18.5 Å². The quantitative estimate of drug-likeness (QED) is 0.365. The third kappa shape index (κ3) is 6.02. The lowest BCUT2D eigenvalue weighted by Crippen LogP contribution is -2.32. The van der Waals surface area contributed by atoms with Crippen molar-refractivity contribution in [3.63, 3.8) is 0 Å². The molecular formula is C22H27BrN2O7S2. The van der Waals surface area contributed by atoms with E-state index in [1.807, 2.05) is 6.92 Å². The number of methoxy groups -OCH3 is 1. The van der Waals surface area contributed by atoms with Gasteiger partial charge in [-0.25, -0.2) is 21.6 Å². The van der Waals surface area contributed by atoms with Gasteiger partial charge in [-0.15, -0.1) is 0 Å². The normalized spacial score (nSPS) is 13.2. The van der Waals surface area contributed by atoms with Gasteiger partial charge in [0.25, 0.3) is 0 Å². The predicted molar refractivity (Wildman–Crippen MR) is 136 cm³/mol. The summed E-state index contributed by atoms with van der Waals surface area (Å²) in [6, 6.07) is 9.32. The van der Waals surface area contributed by atoms with E-state index in [-0.39, 0.29) is 18.1 Å². The number of ether oxygens (including phenoxy) is 2. The van der Waals surface area contributed by atoms with Gasteiger partial charge in [-0.05, 0) is 42.8 Å². The lowest BCUT2D eigenvalue weighted by Gasteiger charge is -2.20. The summed E-state index contributed by atoms with van der Waals surface area (Å²) in [4.78, 5) is 13.6. The second-order valence-corrected chi connectivity index (χ2v) is 13.4. The van der Waals surface area contributed by atoms with E-state index in [1.54, 1.807) is 36.4 Å². The molecule has 3 aromatic rings. The lowest BCUT2D eigenvalue weighted by molar-refractivity contribution is 0.310. The Morgan fingerprint density at radius 3 is 2.26 bits per heavy atom. The van der Waals surface area contributed by atoms with Crippen LogP contribution in [-0.4, -0.2) is 63.7 Å². The minimum atomic E-state index is -3.53. The molecule has 9 nitrogen and oxygen atoms in total. The molecule has 0 saturated carbocycles. The number of hydrogen-bond donors (Lipinski definition) is 0. The van der Waals surface area contributed by atoms with Gasteiger partial charge in [-0.3, -0.25) is 9.13 Å². The maximum Gasteiger partial charge on any atom is 0.329 e. The molecule has 0 aliphatic carbocycles. The van der Waals surface area contributed by atoms with E-state index in [1.165, 1.54) is 16.2 Å². The van der Waals surface area contributed by atoms with Crippen LogP contribution in [0.25, 0.3) is 11.0 Å². The molecule has 1 aromatic heterocycles. The first-order chi connectivity index (χ1) is 15.8. The number of hydrogen-bond acceptors (Lipinski definition) is 7. The van der Waals surface area contributed by atoms with Crippen LogP contribution in [0, 0.1) is 0 Å². The Balaban J connectivity index is 2.30. The average molecular weight is 576 g/mol. The zero-order valence-electron chi connectivity index (χ0n) is 19.3. The monoisotopic (exact) mass is 574 g/mol. The van der Waals surface area contributed by atoms with Crippen molar-refractivity contribution in [2.24, 2.45) is 0 Å². The van der Waals surface area contributed by atoms with Crippen LogP contribution in [-0.2, 0) is 26.2 Å². The Hall–Kier alpha value is -2.31. The fourth-order valence-electron chi connectivity index (χ4n) is 3.80. The highest BCUT2D eigenvalue weighted by atomic mass is 79.9. The molecule has 186 valence electrons. The van der Waals surface area contributed by atoms with Crippen LogP contribution in [0.15, 0.2) is 45.7 Å². The molecule has 1 heterocycles. The molecule has 0 unspecified atom stereocenters. The highest BCUT2D eigenvalue weighted by Crippen LogP contribution is 2.33. The summed E-state index contributed by atoms with van der Waals surface area (Å²) in [7, 11) is -5.36. The van der Waals surface area contributed by atoms with Crippen molar-refractivity contribution < 1.29 is 26.3 Å². The standard InChI is InChI=1S/C22H27BrN2O7S2/c1-5-32-21-12-15(6-9-20(21)31-2)19(14-34(4,29)30)25-17-8-7-16(23)13-18(17)24(22(25)26)10-11-33(3,27)28/h6-9,12-13,19H,5,10-11,14H2,1-4H3/t19-/m0/s1. The first kappa shape index (κ1) is 26.3. The number of sulfone groups is 2. The smallest absolute Gasteiger partial charge is 0.329 e. The van der Waals surface area contributed by atoms with Crippen molar-refractivity contribution in [1.29, 1.82) is 0 Å². The van der Waals surface area contributed by atoms with Gasteiger partial charge in [0.1, 0.15) is 19.7 Å². The average Bonchev–Trinajstić information content (AvgIpc) is 3.00. The summed E-state index contributed by atoms with van der Waals surface area (Å²) in [6.45, 7) is 2.13. The van der Waals surface area contributed by atoms with E-state index in [0.29, 0.717) is 39.2 Å². The Kier molecular flexibility index (Phi) is 7.83. The van der Waals surface area contributed by atoms with Crippen molar-refractivity contribution in [3.05, 3.63) is 56.9 Å². The Labute approximate surface area is 207 Å². The molecule has 34 heavy (non-hydrogen) atoms. The Morgan fingerprint density at radius 2 is 1.68 bits per heavy atom. The van der Waals surface area contributed by atoms with Crippen LogP contribution < -0.4 is 15.2 Å². The van der Waals surface area contributed by atoms with Crippen molar-refractivity contribution >= 4 is 46.6 Å². The van der Waals surface area contributed by atoms with Gasteiger partial charge >= 0.3 is 5.69 Å². The van der Waals surface area contributed by atoms with E-state index >= 15 is 0 Å². The largest absolute Gasteiger partial charge is 0.493 e. The second kappa shape index (κ2) is 10.1. The maximum absolute atomic E-state index is 13.6. The van der Waals surface area contributed by atoms with Crippen LogP contribution >= 0.6 is 15.9 Å². The molecule has 0 saturated heterocycles. The lowest BCUT2D eigenvalue weighted by atomic mass is 10.1. The number of imidazole rings is 1. The van der Waals surface area contributed by atoms with Gasteiger partial charge in [-0.1, -0.05) is 22.0 Å². The summed E-state index contributed by atoms with van der Waals surface area (Å²) in [5, 5.41) is 0. The first-order valence-electron chi connectivity index (χ1n) is 10.4. The highest BCUT2D eigenvalue weighted by molar-refractivity contribution is 9.10. The molecule has 0 fully saturated rings. The number of fused-ring (bicyclic) bond motifs is 1. The predicted octanol–water partition coefficient (Wildman–Crippen LogP) is 2.65. The van der Waals surface area contributed by atoms with E-state index in [4.69, 9.17) is 9.47 Å². The molecule has 0 bridgehead atoms. The molecule has 0 aliphatic heterocycles. The fourth-order valence-corrected chi connectivity index (χ4v) is 5.58. The van der Waals surface area contributed by atoms with Crippen LogP contribution in [0.3, 0.4) is 0 Å². The topological polar surface area (TPSA) is 114 Å². The van der Waals surface area contributed by atoms with E-state index in [0.717, 1.165) is 12.5 Å². The fraction of sp³-hybridized carbons (Fsp3) is 0.409. The molecule has 0 amide bonds. The van der Waals surface area contributed by atoms with Crippen molar-refractivity contribution in [1.82, 2.24) is 9.13 Å². The summed E-state index contributed by atoms with van der Waals surface area (Å²) < 4.78 is 62.9. The molecule has 0 spiro atoms. The molecule has 0 N–H and O–H groups in total. The molecule has 0 radical (unpaired) electrons. The molecule has 2 aromatic carbocycles. The zero-order valence-corrected chi connectivity index (χ0v) is 22.5. The summed E-state index contributed by atoms with van der Waals surface area (Å²) in [5.41, 5.74) is 1.03. The van der Waals surface area contributed by atoms with Gasteiger partial charge in [0.05, 0.1) is 42.3 Å². The molecular weight excluding hydrogens is 548 g/mol. The van der Waals surface area contributed by atoms with Crippen molar-refractivity contribution in [2.75, 3.05) is 37.7 Å². The molecule has 3 rings (SSSR count). The van der Waals surface area contributed by atoms with Crippen LogP contribution in [0.5, 0.6) is 11.5 Å². The van der Waals surface area contributed by atoms with Crippen LogP contribution in [0.4, 0.5) is 0 Å². The third-order valence-electron chi connectivity index (χ3n) is 5.26. The number of nitrogens with zero attached hydrogens (tertiary/aromatic N) is 2. The third-order valence-corrected chi connectivity index (χ3v) is 7.59.